The van der Waals surface area contributed by atoms with Gasteiger partial charge in [0.15, 0.2) is 17.3 Å². The number of rotatable bonds is 24. The van der Waals surface area contributed by atoms with Gasteiger partial charge in [-0.25, -0.2) is 0 Å². The average molecular weight is 685 g/mol. The minimum Gasteiger partial charge on any atom is -0.462 e. The summed E-state index contributed by atoms with van der Waals surface area (Å²) in [6.45, 7) is 0.776. The molecule has 3 N–H and O–H groups in total. The van der Waals surface area contributed by atoms with Crippen LogP contribution < -0.4 is 0 Å². The van der Waals surface area contributed by atoms with E-state index >= 15 is 0 Å². The van der Waals surface area contributed by atoms with Gasteiger partial charge in [0.2, 0.25) is 5.41 Å². The normalized spacial score (nSPS) is 13.4. The summed E-state index contributed by atoms with van der Waals surface area (Å²) in [5, 5.41) is 29.8. The largest absolute Gasteiger partial charge is 0.462 e. The molecule has 0 saturated heterocycles. The standard InChI is InChI=1S/C42H52O8/c1-2-3-4-18-27-35(44)28-19-7-5-6-8-20-29-37(38(46)32-21-12-9-13-22-32)42(41(49)50-31-36(45)30-43,39(47)33-23-14-10-15-24-33)40(48)34-25-16-11-17-26-34/h7,9-17,19,21-26,35-37,43-45H,2-6,8,18,20,27-31H2,1H3/t35-,36?,37?/m1/s1. The number of ether oxygens (including phenoxy) is 1. The topological polar surface area (TPSA) is 138 Å². The number of carbonyl (C=O) groups is 4. The first-order valence-electron chi connectivity index (χ1n) is 17.8. The van der Waals surface area contributed by atoms with Crippen molar-refractivity contribution < 1.29 is 39.2 Å². The molecule has 0 aliphatic carbocycles. The Balaban J connectivity index is 1.97. The lowest BCUT2D eigenvalue weighted by atomic mass is 9.62. The summed E-state index contributed by atoms with van der Waals surface area (Å²) in [5.74, 6) is -4.99. The van der Waals surface area contributed by atoms with Gasteiger partial charge in [0.1, 0.15) is 12.7 Å². The zero-order chi connectivity index (χ0) is 36.2. The number of ketones is 3. The molecular weight excluding hydrogens is 632 g/mol. The summed E-state index contributed by atoms with van der Waals surface area (Å²) < 4.78 is 5.47. The SMILES string of the molecule is CCCCCC[C@@H](O)CC=CCCCCCC(C(=O)c1ccccc1)C(C(=O)OCC(O)CO)(C(=O)c1ccccc1)C(=O)c1ccccc1. The molecule has 0 amide bonds. The maximum Gasteiger partial charge on any atom is 0.328 e. The molecule has 0 radical (unpaired) electrons. The highest BCUT2D eigenvalue weighted by Gasteiger charge is 2.61. The van der Waals surface area contributed by atoms with E-state index in [1.54, 1.807) is 66.7 Å². The molecule has 50 heavy (non-hydrogen) atoms. The van der Waals surface area contributed by atoms with Gasteiger partial charge in [0.25, 0.3) is 0 Å². The molecule has 3 aromatic carbocycles. The van der Waals surface area contributed by atoms with E-state index in [4.69, 9.17) is 4.74 Å². The van der Waals surface area contributed by atoms with Crippen molar-refractivity contribution in [1.82, 2.24) is 0 Å². The van der Waals surface area contributed by atoms with Crippen molar-refractivity contribution in [1.29, 1.82) is 0 Å². The minimum absolute atomic E-state index is 0.0305. The zero-order valence-corrected chi connectivity index (χ0v) is 29.1. The Morgan fingerprint density at radius 3 is 1.72 bits per heavy atom. The smallest absolute Gasteiger partial charge is 0.328 e. The van der Waals surface area contributed by atoms with E-state index in [2.05, 4.69) is 6.92 Å². The summed E-state index contributed by atoms with van der Waals surface area (Å²) in [6.07, 6.45) is 10.7. The van der Waals surface area contributed by atoms with Crippen LogP contribution in [0.4, 0.5) is 0 Å². The van der Waals surface area contributed by atoms with Crippen LogP contribution in [0.1, 0.15) is 109 Å². The van der Waals surface area contributed by atoms with E-state index < -0.39 is 54.0 Å². The second-order valence-electron chi connectivity index (χ2n) is 12.8. The van der Waals surface area contributed by atoms with Gasteiger partial charge in [-0.05, 0) is 32.1 Å². The van der Waals surface area contributed by atoms with Crippen molar-refractivity contribution in [2.24, 2.45) is 11.3 Å². The lowest BCUT2D eigenvalue weighted by Crippen LogP contribution is -2.55. The fourth-order valence-electron chi connectivity index (χ4n) is 6.15. The van der Waals surface area contributed by atoms with E-state index in [1.165, 1.54) is 30.7 Å². The van der Waals surface area contributed by atoms with Crippen molar-refractivity contribution in [3.63, 3.8) is 0 Å². The second-order valence-corrected chi connectivity index (χ2v) is 12.8. The van der Waals surface area contributed by atoms with E-state index in [0.29, 0.717) is 19.3 Å². The molecule has 8 nitrogen and oxygen atoms in total. The number of aliphatic hydroxyl groups excluding tert-OH is 3. The predicted molar refractivity (Wildman–Crippen MR) is 194 cm³/mol. The fraction of sp³-hybridized carbons (Fsp3) is 0.429. The van der Waals surface area contributed by atoms with Gasteiger partial charge >= 0.3 is 5.97 Å². The molecule has 0 fully saturated rings. The minimum atomic E-state index is -2.63. The summed E-state index contributed by atoms with van der Waals surface area (Å²) >= 11 is 0. The maximum atomic E-state index is 14.8. The highest BCUT2D eigenvalue weighted by Crippen LogP contribution is 2.42. The molecule has 0 bridgehead atoms. The first kappa shape index (κ1) is 40.2. The highest BCUT2D eigenvalue weighted by molar-refractivity contribution is 6.33. The third kappa shape index (κ3) is 11.4. The van der Waals surface area contributed by atoms with Crippen LogP contribution in [-0.2, 0) is 9.53 Å². The Morgan fingerprint density at radius 2 is 1.18 bits per heavy atom. The number of carbonyl (C=O) groups excluding carboxylic acids is 4. The lowest BCUT2D eigenvalue weighted by Gasteiger charge is -2.36. The fourth-order valence-corrected chi connectivity index (χ4v) is 6.15. The first-order valence-corrected chi connectivity index (χ1v) is 17.8. The number of esters is 1. The van der Waals surface area contributed by atoms with Gasteiger partial charge in [0.05, 0.1) is 18.6 Å². The molecule has 3 rings (SSSR count). The van der Waals surface area contributed by atoms with Gasteiger partial charge in [-0.15, -0.1) is 0 Å². The van der Waals surface area contributed by atoms with Crippen LogP contribution in [0.5, 0.6) is 0 Å². The van der Waals surface area contributed by atoms with Crippen LogP contribution in [0.25, 0.3) is 0 Å². The molecule has 0 aromatic heterocycles. The number of hydrogen-bond donors (Lipinski definition) is 3. The Hall–Kier alpha value is -4.24. The third-order valence-electron chi connectivity index (χ3n) is 8.95. The monoisotopic (exact) mass is 684 g/mol. The molecule has 8 heteroatoms. The van der Waals surface area contributed by atoms with Crippen molar-refractivity contribution in [3.8, 4) is 0 Å². The molecule has 0 aliphatic heterocycles. The number of aliphatic hydroxyl groups is 3. The van der Waals surface area contributed by atoms with E-state index in [1.807, 2.05) is 12.2 Å². The maximum absolute atomic E-state index is 14.8. The van der Waals surface area contributed by atoms with Gasteiger partial charge in [-0.2, -0.15) is 0 Å². The Morgan fingerprint density at radius 1 is 0.660 bits per heavy atom. The molecule has 2 unspecified atom stereocenters. The molecule has 268 valence electrons. The average Bonchev–Trinajstić information content (AvgIpc) is 3.16. The highest BCUT2D eigenvalue weighted by atomic mass is 16.5. The van der Waals surface area contributed by atoms with Crippen LogP contribution in [0.3, 0.4) is 0 Å². The van der Waals surface area contributed by atoms with Crippen LogP contribution in [0.2, 0.25) is 0 Å². The lowest BCUT2D eigenvalue weighted by molar-refractivity contribution is -0.155. The molecule has 0 aliphatic rings. The van der Waals surface area contributed by atoms with E-state index in [-0.39, 0.29) is 29.2 Å². The van der Waals surface area contributed by atoms with Gasteiger partial charge in [0, 0.05) is 16.7 Å². The molecular formula is C42H52O8. The second kappa shape index (κ2) is 21.8. The molecule has 3 atom stereocenters. The summed E-state index contributed by atoms with van der Waals surface area (Å²) in [5.41, 5.74) is -2.28. The molecule has 3 aromatic rings. The van der Waals surface area contributed by atoms with Crippen LogP contribution in [0.15, 0.2) is 103 Å². The molecule has 0 saturated carbocycles. The number of Topliss-reactive ketones (excluding diaryl/α,β-unsaturated/α-hetero) is 3. The van der Waals surface area contributed by atoms with Crippen molar-refractivity contribution in [2.75, 3.05) is 13.2 Å². The van der Waals surface area contributed by atoms with E-state index in [9.17, 15) is 34.5 Å². The van der Waals surface area contributed by atoms with Gasteiger partial charge in [-0.1, -0.05) is 149 Å². The first-order chi connectivity index (χ1) is 24.3. The number of allylic oxidation sites excluding steroid dienone is 1. The van der Waals surface area contributed by atoms with Crippen LogP contribution in [-0.4, -0.2) is 64.1 Å². The quantitative estimate of drug-likeness (QED) is 0.0293. The number of unbranched alkanes of at least 4 members (excludes halogenated alkanes) is 6. The molecule has 0 heterocycles. The summed E-state index contributed by atoms with van der Waals surface area (Å²) in [6, 6.07) is 24.1. The van der Waals surface area contributed by atoms with Gasteiger partial charge in [-0.3, -0.25) is 19.2 Å². The number of hydrogen-bond acceptors (Lipinski definition) is 8. The molecule has 0 spiro atoms. The Bertz CT molecular complexity index is 1430. The van der Waals surface area contributed by atoms with Gasteiger partial charge < -0.3 is 20.1 Å². The predicted octanol–water partition coefficient (Wildman–Crippen LogP) is 7.36. The van der Waals surface area contributed by atoms with Crippen LogP contribution in [0, 0.1) is 11.3 Å². The van der Waals surface area contributed by atoms with E-state index in [0.717, 1.165) is 38.5 Å². The summed E-state index contributed by atoms with van der Waals surface area (Å²) in [4.78, 5) is 58.4. The summed E-state index contributed by atoms with van der Waals surface area (Å²) in [7, 11) is 0. The number of benzene rings is 3. The van der Waals surface area contributed by atoms with Crippen molar-refractivity contribution >= 4 is 23.3 Å². The Kier molecular flexibility index (Phi) is 17.5. The van der Waals surface area contributed by atoms with Crippen LogP contribution >= 0.6 is 0 Å². The Labute approximate surface area is 296 Å². The van der Waals surface area contributed by atoms with Crippen molar-refractivity contribution in [3.05, 3.63) is 120 Å². The van der Waals surface area contributed by atoms with Crippen molar-refractivity contribution in [2.45, 2.75) is 89.8 Å². The zero-order valence-electron chi connectivity index (χ0n) is 29.1. The third-order valence-corrected chi connectivity index (χ3v) is 8.95.